The number of rotatable bonds is 9. The first-order valence-electron chi connectivity index (χ1n) is 8.72. The summed E-state index contributed by atoms with van der Waals surface area (Å²) in [5, 5.41) is 8.56. The lowest BCUT2D eigenvalue weighted by Gasteiger charge is -2.21. The predicted molar refractivity (Wildman–Crippen MR) is 99.3 cm³/mol. The SMILES string of the molecule is CCN(CC)S(=O)(=O)c1ccc(F)c(C(=O)O[C@@H](C)C(=O)N(C)CCC#N)c1. The van der Waals surface area contributed by atoms with E-state index in [9.17, 15) is 22.4 Å². The summed E-state index contributed by atoms with van der Waals surface area (Å²) in [6.07, 6.45) is -1.11. The van der Waals surface area contributed by atoms with E-state index < -0.39 is 39.4 Å². The second kappa shape index (κ2) is 10.1. The Morgan fingerprint density at radius 1 is 1.29 bits per heavy atom. The molecule has 0 aliphatic heterocycles. The zero-order valence-corrected chi connectivity index (χ0v) is 17.1. The summed E-state index contributed by atoms with van der Waals surface area (Å²) in [5.74, 6) is -2.67. The molecular formula is C18H24FN3O5S. The van der Waals surface area contributed by atoms with Crippen LogP contribution in [0.4, 0.5) is 4.39 Å². The zero-order chi connectivity index (χ0) is 21.5. The van der Waals surface area contributed by atoms with Crippen LogP contribution >= 0.6 is 0 Å². The molecule has 0 aliphatic carbocycles. The molecule has 0 saturated heterocycles. The van der Waals surface area contributed by atoms with Crippen molar-refractivity contribution in [2.45, 2.75) is 38.2 Å². The maximum absolute atomic E-state index is 14.1. The molecule has 0 bridgehead atoms. The zero-order valence-electron chi connectivity index (χ0n) is 16.3. The lowest BCUT2D eigenvalue weighted by Crippen LogP contribution is -2.38. The maximum atomic E-state index is 14.1. The van der Waals surface area contributed by atoms with Crippen molar-refractivity contribution in [3.05, 3.63) is 29.6 Å². The van der Waals surface area contributed by atoms with Crippen molar-refractivity contribution in [3.8, 4) is 6.07 Å². The van der Waals surface area contributed by atoms with Gasteiger partial charge in [-0.3, -0.25) is 4.79 Å². The number of halogens is 1. The summed E-state index contributed by atoms with van der Waals surface area (Å²) in [5.41, 5.74) is -0.576. The Morgan fingerprint density at radius 3 is 2.43 bits per heavy atom. The largest absolute Gasteiger partial charge is 0.449 e. The Balaban J connectivity index is 3.06. The molecule has 0 aromatic heterocycles. The fourth-order valence-corrected chi connectivity index (χ4v) is 3.93. The van der Waals surface area contributed by atoms with Crippen molar-refractivity contribution < 1.29 is 27.1 Å². The van der Waals surface area contributed by atoms with E-state index in [1.165, 1.54) is 23.2 Å². The third-order valence-electron chi connectivity index (χ3n) is 4.07. The van der Waals surface area contributed by atoms with E-state index in [0.717, 1.165) is 18.2 Å². The molecule has 154 valence electrons. The van der Waals surface area contributed by atoms with E-state index in [0.29, 0.717) is 0 Å². The van der Waals surface area contributed by atoms with Gasteiger partial charge in [-0.2, -0.15) is 9.57 Å². The van der Waals surface area contributed by atoms with E-state index in [2.05, 4.69) is 0 Å². The second-order valence-electron chi connectivity index (χ2n) is 5.95. The molecule has 0 N–H and O–H groups in total. The van der Waals surface area contributed by atoms with Gasteiger partial charge in [-0.1, -0.05) is 13.8 Å². The van der Waals surface area contributed by atoms with Crippen molar-refractivity contribution in [3.63, 3.8) is 0 Å². The quantitative estimate of drug-likeness (QED) is 0.571. The topological polar surface area (TPSA) is 108 Å². The Kier molecular flexibility index (Phi) is 8.53. The molecule has 1 aromatic rings. The van der Waals surface area contributed by atoms with Gasteiger partial charge in [0.25, 0.3) is 5.91 Å². The molecule has 28 heavy (non-hydrogen) atoms. The number of nitrogens with zero attached hydrogens (tertiary/aromatic N) is 3. The average molecular weight is 413 g/mol. The molecule has 8 nitrogen and oxygen atoms in total. The first-order valence-corrected chi connectivity index (χ1v) is 10.2. The summed E-state index contributed by atoms with van der Waals surface area (Å²) in [6, 6.07) is 4.74. The van der Waals surface area contributed by atoms with Crippen LogP contribution in [0, 0.1) is 17.1 Å². The van der Waals surface area contributed by atoms with Crippen molar-refractivity contribution >= 4 is 21.9 Å². The number of likely N-dealkylation sites (N-methyl/N-ethyl adjacent to an activating group) is 1. The summed E-state index contributed by atoms with van der Waals surface area (Å²) in [6.45, 7) is 5.24. The van der Waals surface area contributed by atoms with Gasteiger partial charge in [-0.05, 0) is 25.1 Å². The van der Waals surface area contributed by atoms with E-state index in [1.54, 1.807) is 13.8 Å². The highest BCUT2D eigenvalue weighted by molar-refractivity contribution is 7.89. The Hall–Kier alpha value is -2.51. The third kappa shape index (κ3) is 5.50. The average Bonchev–Trinajstić information content (AvgIpc) is 2.66. The number of hydrogen-bond acceptors (Lipinski definition) is 6. The highest BCUT2D eigenvalue weighted by atomic mass is 32.2. The molecule has 0 radical (unpaired) electrons. The number of amides is 1. The molecule has 1 aromatic carbocycles. The summed E-state index contributed by atoms with van der Waals surface area (Å²) in [4.78, 5) is 25.4. The fraction of sp³-hybridized carbons (Fsp3) is 0.500. The Morgan fingerprint density at radius 2 is 1.89 bits per heavy atom. The van der Waals surface area contributed by atoms with Crippen molar-refractivity contribution in [2.75, 3.05) is 26.7 Å². The van der Waals surface area contributed by atoms with Crippen LogP contribution in [0.3, 0.4) is 0 Å². The molecule has 0 aliphatic rings. The molecule has 0 fully saturated rings. The highest BCUT2D eigenvalue weighted by Crippen LogP contribution is 2.20. The van der Waals surface area contributed by atoms with Gasteiger partial charge in [0.05, 0.1) is 22.9 Å². The van der Waals surface area contributed by atoms with Gasteiger partial charge in [0.2, 0.25) is 10.0 Å². The number of nitriles is 1. The molecule has 0 spiro atoms. The molecule has 10 heteroatoms. The van der Waals surface area contributed by atoms with Crippen LogP contribution in [0.1, 0.15) is 37.6 Å². The number of ether oxygens (including phenoxy) is 1. The monoisotopic (exact) mass is 413 g/mol. The van der Waals surface area contributed by atoms with E-state index in [1.807, 2.05) is 6.07 Å². The van der Waals surface area contributed by atoms with Crippen molar-refractivity contribution in [2.24, 2.45) is 0 Å². The van der Waals surface area contributed by atoms with E-state index in [-0.39, 0.29) is 31.0 Å². The molecule has 1 atom stereocenters. The molecule has 0 heterocycles. The van der Waals surface area contributed by atoms with Gasteiger partial charge >= 0.3 is 5.97 Å². The Labute approximate surface area is 164 Å². The minimum atomic E-state index is -3.89. The predicted octanol–water partition coefficient (Wildman–Crippen LogP) is 1.77. The van der Waals surface area contributed by atoms with Crippen LogP contribution in [-0.4, -0.2) is 62.3 Å². The van der Waals surface area contributed by atoms with Gasteiger partial charge in [0.1, 0.15) is 5.82 Å². The minimum absolute atomic E-state index is 0.114. The molecule has 1 amide bonds. The number of carbonyl (C=O) groups is 2. The number of carbonyl (C=O) groups excluding carboxylic acids is 2. The summed E-state index contributed by atoms with van der Waals surface area (Å²) < 4.78 is 45.4. The van der Waals surface area contributed by atoms with E-state index in [4.69, 9.17) is 10.00 Å². The lowest BCUT2D eigenvalue weighted by atomic mass is 10.2. The molecular weight excluding hydrogens is 389 g/mol. The number of benzene rings is 1. The first kappa shape index (κ1) is 23.5. The van der Waals surface area contributed by atoms with Gasteiger partial charge in [-0.25, -0.2) is 17.6 Å². The molecule has 1 rings (SSSR count). The standard InChI is InChI=1S/C18H24FN3O5S/c1-5-22(6-2)28(25,26)14-8-9-16(19)15(12-14)18(24)27-13(3)17(23)21(4)11-7-10-20/h8-9,12-13H,5-7,11H2,1-4H3/t13-/m0/s1. The lowest BCUT2D eigenvalue weighted by molar-refractivity contribution is -0.138. The summed E-state index contributed by atoms with van der Waals surface area (Å²) >= 11 is 0. The van der Waals surface area contributed by atoms with Gasteiger partial charge in [0, 0.05) is 26.7 Å². The first-order chi connectivity index (χ1) is 13.1. The smallest absolute Gasteiger partial charge is 0.341 e. The van der Waals surface area contributed by atoms with Crippen LogP contribution < -0.4 is 0 Å². The Bertz CT molecular complexity index is 862. The van der Waals surface area contributed by atoms with Gasteiger partial charge < -0.3 is 9.64 Å². The number of hydrogen-bond donors (Lipinski definition) is 0. The normalized spacial score (nSPS) is 12.3. The maximum Gasteiger partial charge on any atom is 0.341 e. The minimum Gasteiger partial charge on any atom is -0.449 e. The fourth-order valence-electron chi connectivity index (χ4n) is 2.45. The van der Waals surface area contributed by atoms with Crippen LogP contribution in [0.15, 0.2) is 23.1 Å². The van der Waals surface area contributed by atoms with Gasteiger partial charge in [0.15, 0.2) is 6.10 Å². The van der Waals surface area contributed by atoms with Gasteiger partial charge in [-0.15, -0.1) is 0 Å². The van der Waals surface area contributed by atoms with Crippen LogP contribution in [0.5, 0.6) is 0 Å². The number of sulfonamides is 1. The van der Waals surface area contributed by atoms with E-state index >= 15 is 0 Å². The third-order valence-corrected chi connectivity index (χ3v) is 6.11. The van der Waals surface area contributed by atoms with Crippen molar-refractivity contribution in [1.29, 1.82) is 5.26 Å². The van der Waals surface area contributed by atoms with Crippen LogP contribution in [-0.2, 0) is 19.6 Å². The van der Waals surface area contributed by atoms with Crippen LogP contribution in [0.2, 0.25) is 0 Å². The molecule has 0 saturated carbocycles. The molecule has 0 unspecified atom stereocenters. The van der Waals surface area contributed by atoms with Crippen LogP contribution in [0.25, 0.3) is 0 Å². The van der Waals surface area contributed by atoms with Crippen molar-refractivity contribution in [1.82, 2.24) is 9.21 Å². The second-order valence-corrected chi connectivity index (χ2v) is 7.88. The number of esters is 1. The highest BCUT2D eigenvalue weighted by Gasteiger charge is 2.27. The summed E-state index contributed by atoms with van der Waals surface area (Å²) in [7, 11) is -2.44.